The van der Waals surface area contributed by atoms with Crippen LogP contribution in [0.2, 0.25) is 0 Å². The third kappa shape index (κ3) is 5.03. The summed E-state index contributed by atoms with van der Waals surface area (Å²) >= 11 is 0. The van der Waals surface area contributed by atoms with Crippen molar-refractivity contribution in [2.45, 2.75) is 20.3 Å². The molecule has 0 aliphatic heterocycles. The van der Waals surface area contributed by atoms with E-state index >= 15 is 0 Å². The Labute approximate surface area is 158 Å². The first kappa shape index (κ1) is 19.3. The molecule has 0 bridgehead atoms. The van der Waals surface area contributed by atoms with Crippen LogP contribution in [0.3, 0.4) is 0 Å². The molecule has 1 amide bonds. The van der Waals surface area contributed by atoms with Gasteiger partial charge in [-0.25, -0.2) is 9.07 Å². The number of aryl methyl sites for hydroxylation is 1. The zero-order valence-corrected chi connectivity index (χ0v) is 14.7. The minimum Gasteiger partial charge on any atom is -0.471 e. The topological polar surface area (TPSA) is 65.4 Å². The molecule has 0 aliphatic carbocycles. The molecule has 0 saturated heterocycles. The van der Waals surface area contributed by atoms with Crippen LogP contribution >= 0.6 is 0 Å². The molecule has 0 fully saturated rings. The van der Waals surface area contributed by atoms with Crippen molar-refractivity contribution in [1.29, 1.82) is 0 Å². The summed E-state index contributed by atoms with van der Waals surface area (Å²) in [6.45, 7) is -1.26. The van der Waals surface area contributed by atoms with E-state index in [9.17, 15) is 18.0 Å². The summed E-state index contributed by atoms with van der Waals surface area (Å²) in [5, 5.41) is 6.58. The minimum absolute atomic E-state index is 0.00308. The summed E-state index contributed by atoms with van der Waals surface area (Å²) < 4.78 is 49.1. The van der Waals surface area contributed by atoms with Gasteiger partial charge in [0, 0.05) is 6.20 Å². The number of ether oxygens (including phenoxy) is 2. The Kier molecular flexibility index (Phi) is 5.83. The molecule has 1 heterocycles. The molecule has 28 heavy (non-hydrogen) atoms. The summed E-state index contributed by atoms with van der Waals surface area (Å²) in [4.78, 5) is 12.4. The van der Waals surface area contributed by atoms with Crippen LogP contribution in [-0.4, -0.2) is 22.3 Å². The molecule has 6 nitrogen and oxygen atoms in total. The third-order valence-electron chi connectivity index (χ3n) is 3.65. The number of carbonyl (C=O) groups excluding carboxylic acids is 1. The average Bonchev–Trinajstić information content (AvgIpc) is 3.12. The molecule has 0 unspecified atom stereocenters. The molecule has 9 heteroatoms. The van der Waals surface area contributed by atoms with Gasteiger partial charge in [-0.1, -0.05) is 6.07 Å². The fourth-order valence-corrected chi connectivity index (χ4v) is 2.35. The highest BCUT2D eigenvalue weighted by Crippen LogP contribution is 2.27. The van der Waals surface area contributed by atoms with Crippen LogP contribution in [0.5, 0.6) is 11.5 Å². The normalized spacial score (nSPS) is 10.8. The fourth-order valence-electron chi connectivity index (χ4n) is 2.35. The van der Waals surface area contributed by atoms with E-state index in [1.54, 1.807) is 13.0 Å². The van der Waals surface area contributed by atoms with Gasteiger partial charge in [-0.2, -0.15) is 13.9 Å². The van der Waals surface area contributed by atoms with E-state index in [1.807, 2.05) is 0 Å². The lowest BCUT2D eigenvalue weighted by Crippen LogP contribution is -2.15. The van der Waals surface area contributed by atoms with Crippen molar-refractivity contribution in [2.75, 3.05) is 5.32 Å². The maximum absolute atomic E-state index is 12.9. The molecule has 0 radical (unpaired) electrons. The molecule has 3 rings (SSSR count). The number of carbonyl (C=O) groups is 1. The number of benzene rings is 2. The Morgan fingerprint density at radius 1 is 1.18 bits per heavy atom. The zero-order valence-electron chi connectivity index (χ0n) is 14.7. The maximum atomic E-state index is 12.9. The van der Waals surface area contributed by atoms with E-state index in [4.69, 9.17) is 4.74 Å². The lowest BCUT2D eigenvalue weighted by molar-refractivity contribution is -0.0493. The van der Waals surface area contributed by atoms with Gasteiger partial charge in [-0.15, -0.1) is 0 Å². The molecule has 1 N–H and O–H groups in total. The lowest BCUT2D eigenvalue weighted by atomic mass is 10.2. The van der Waals surface area contributed by atoms with Crippen LogP contribution in [0.25, 0.3) is 0 Å². The molecule has 2 aromatic carbocycles. The van der Waals surface area contributed by atoms with Crippen molar-refractivity contribution in [3.05, 3.63) is 71.8 Å². The molecule has 0 spiro atoms. The van der Waals surface area contributed by atoms with Crippen molar-refractivity contribution in [3.8, 4) is 11.5 Å². The average molecular weight is 391 g/mol. The van der Waals surface area contributed by atoms with E-state index in [-0.39, 0.29) is 29.7 Å². The number of aromatic nitrogens is 2. The number of nitrogens with zero attached hydrogens (tertiary/aromatic N) is 2. The third-order valence-corrected chi connectivity index (χ3v) is 3.65. The number of alkyl halides is 2. The standard InChI is InChI=1S/C19H16F3N3O3/c1-12-2-7-17(28-19(21)22)16(10-12)23-18(26)15-8-9-25(24-15)11-27-14-5-3-13(20)4-6-14/h2-10,19H,11H2,1H3,(H,23,26). The summed E-state index contributed by atoms with van der Waals surface area (Å²) in [5.41, 5.74) is 0.935. The van der Waals surface area contributed by atoms with Gasteiger partial charge in [0.25, 0.3) is 5.91 Å². The molecule has 3 aromatic rings. The molecular formula is C19H16F3N3O3. The maximum Gasteiger partial charge on any atom is 0.387 e. The smallest absolute Gasteiger partial charge is 0.387 e. The largest absolute Gasteiger partial charge is 0.471 e. The Morgan fingerprint density at radius 2 is 1.93 bits per heavy atom. The molecule has 0 saturated carbocycles. The predicted molar refractivity (Wildman–Crippen MR) is 95.0 cm³/mol. The van der Waals surface area contributed by atoms with Crippen molar-refractivity contribution < 1.29 is 27.4 Å². The highest BCUT2D eigenvalue weighted by Gasteiger charge is 2.15. The number of halogens is 3. The van der Waals surface area contributed by atoms with Gasteiger partial charge < -0.3 is 14.8 Å². The van der Waals surface area contributed by atoms with Crippen molar-refractivity contribution in [2.24, 2.45) is 0 Å². The van der Waals surface area contributed by atoms with E-state index in [0.717, 1.165) is 5.56 Å². The number of hydrogen-bond acceptors (Lipinski definition) is 4. The minimum atomic E-state index is -3.01. The highest BCUT2D eigenvalue weighted by atomic mass is 19.3. The number of amides is 1. The molecule has 0 aliphatic rings. The van der Waals surface area contributed by atoms with Crippen molar-refractivity contribution in [1.82, 2.24) is 9.78 Å². The van der Waals surface area contributed by atoms with Gasteiger partial charge >= 0.3 is 6.61 Å². The van der Waals surface area contributed by atoms with E-state index in [2.05, 4.69) is 15.2 Å². The fraction of sp³-hybridized carbons (Fsp3) is 0.158. The second-order valence-electron chi connectivity index (χ2n) is 5.80. The molecule has 146 valence electrons. The van der Waals surface area contributed by atoms with E-state index in [0.29, 0.717) is 5.75 Å². The Bertz CT molecular complexity index is 959. The van der Waals surface area contributed by atoms with Crippen LogP contribution in [0.15, 0.2) is 54.7 Å². The number of rotatable bonds is 7. The first-order chi connectivity index (χ1) is 13.4. The summed E-state index contributed by atoms with van der Waals surface area (Å²) in [6.07, 6.45) is 1.52. The summed E-state index contributed by atoms with van der Waals surface area (Å²) in [7, 11) is 0. The zero-order chi connectivity index (χ0) is 20.1. The number of hydrogen-bond donors (Lipinski definition) is 1. The second kappa shape index (κ2) is 8.47. The van der Waals surface area contributed by atoms with Crippen LogP contribution in [0, 0.1) is 12.7 Å². The second-order valence-corrected chi connectivity index (χ2v) is 5.80. The van der Waals surface area contributed by atoms with Gasteiger partial charge in [0.1, 0.15) is 17.3 Å². The van der Waals surface area contributed by atoms with Gasteiger partial charge in [-0.05, 0) is 55.0 Å². The number of nitrogens with one attached hydrogen (secondary N) is 1. The van der Waals surface area contributed by atoms with Gasteiger partial charge in [-0.3, -0.25) is 4.79 Å². The van der Waals surface area contributed by atoms with Gasteiger partial charge in [0.15, 0.2) is 12.4 Å². The van der Waals surface area contributed by atoms with Crippen LogP contribution < -0.4 is 14.8 Å². The first-order valence-corrected chi connectivity index (χ1v) is 8.19. The van der Waals surface area contributed by atoms with Gasteiger partial charge in [0.2, 0.25) is 0 Å². The first-order valence-electron chi connectivity index (χ1n) is 8.19. The Balaban J connectivity index is 1.66. The monoisotopic (exact) mass is 391 g/mol. The SMILES string of the molecule is Cc1ccc(OC(F)F)c(NC(=O)c2ccn(COc3ccc(F)cc3)n2)c1. The molecule has 0 atom stereocenters. The molecule has 1 aromatic heterocycles. The van der Waals surface area contributed by atoms with Crippen LogP contribution in [-0.2, 0) is 6.73 Å². The lowest BCUT2D eigenvalue weighted by Gasteiger charge is -2.12. The van der Waals surface area contributed by atoms with Gasteiger partial charge in [0.05, 0.1) is 5.69 Å². The Morgan fingerprint density at radius 3 is 2.64 bits per heavy atom. The van der Waals surface area contributed by atoms with E-state index < -0.39 is 12.5 Å². The Hall–Kier alpha value is -3.49. The van der Waals surface area contributed by atoms with Crippen LogP contribution in [0.4, 0.5) is 18.9 Å². The van der Waals surface area contributed by atoms with Crippen molar-refractivity contribution in [3.63, 3.8) is 0 Å². The van der Waals surface area contributed by atoms with E-state index in [1.165, 1.54) is 53.3 Å². The summed E-state index contributed by atoms with van der Waals surface area (Å²) in [6, 6.07) is 11.4. The summed E-state index contributed by atoms with van der Waals surface area (Å²) in [5.74, 6) is -0.675. The van der Waals surface area contributed by atoms with Crippen LogP contribution in [0.1, 0.15) is 16.1 Å². The highest BCUT2D eigenvalue weighted by molar-refractivity contribution is 6.03. The quantitative estimate of drug-likeness (QED) is 0.655. The molecular weight excluding hydrogens is 375 g/mol. The van der Waals surface area contributed by atoms with Crippen molar-refractivity contribution >= 4 is 11.6 Å². The number of anilines is 1. The predicted octanol–water partition coefficient (Wildman–Crippen LogP) is 4.22.